The summed E-state index contributed by atoms with van der Waals surface area (Å²) >= 11 is 0. The molecule has 0 saturated carbocycles. The second-order valence-electron chi connectivity index (χ2n) is 12.3. The molecule has 4 rings (SSSR count). The number of hydrogen-bond acceptors (Lipinski definition) is 9. The molecule has 256 valence electrons. The van der Waals surface area contributed by atoms with Gasteiger partial charge in [0.25, 0.3) is 11.8 Å². The van der Waals surface area contributed by atoms with Crippen LogP contribution in [-0.4, -0.2) is 102 Å². The van der Waals surface area contributed by atoms with Crippen LogP contribution in [0.3, 0.4) is 0 Å². The SMILES string of the molecule is C=C(/C=C(\C(=C/COC)N(CC)CCCC(=O)ON1C(=O)CCC1=O)N(C)C)c1c2ccc(=[N+](C)C)cc-2oc2cc(N(C)C)ccc12. The van der Waals surface area contributed by atoms with E-state index in [0.717, 1.165) is 55.9 Å². The number of carbonyl (C=O) groups excluding carboxylic acids is 3. The van der Waals surface area contributed by atoms with Crippen LogP contribution in [0.2, 0.25) is 0 Å². The quantitative estimate of drug-likeness (QED) is 0.109. The zero-order valence-electron chi connectivity index (χ0n) is 29.5. The number of allylic oxidation sites excluding steroid dienone is 2. The summed E-state index contributed by atoms with van der Waals surface area (Å²) in [6.45, 7) is 8.20. The Balaban J connectivity index is 1.72. The lowest BCUT2D eigenvalue weighted by Crippen LogP contribution is -2.33. The molecule has 0 N–H and O–H groups in total. The van der Waals surface area contributed by atoms with Crippen LogP contribution in [-0.2, 0) is 24.0 Å². The van der Waals surface area contributed by atoms with Gasteiger partial charge in [0.15, 0.2) is 0 Å². The Morgan fingerprint density at radius 2 is 1.75 bits per heavy atom. The predicted octanol–water partition coefficient (Wildman–Crippen LogP) is 4.33. The molecule has 1 fully saturated rings. The number of imide groups is 1. The molecule has 2 aliphatic heterocycles. The summed E-state index contributed by atoms with van der Waals surface area (Å²) in [4.78, 5) is 47.6. The molecule has 1 aromatic rings. The Morgan fingerprint density at radius 1 is 1.04 bits per heavy atom. The van der Waals surface area contributed by atoms with Crippen molar-refractivity contribution in [1.29, 1.82) is 0 Å². The first kappa shape index (κ1) is 35.9. The van der Waals surface area contributed by atoms with Gasteiger partial charge in [-0.1, -0.05) is 6.58 Å². The van der Waals surface area contributed by atoms with Crippen molar-refractivity contribution in [3.8, 4) is 11.3 Å². The van der Waals surface area contributed by atoms with Crippen LogP contribution in [0, 0.1) is 0 Å². The van der Waals surface area contributed by atoms with Gasteiger partial charge >= 0.3 is 5.97 Å². The van der Waals surface area contributed by atoms with Crippen molar-refractivity contribution >= 4 is 40.0 Å². The number of hydrogen-bond donors (Lipinski definition) is 0. The van der Waals surface area contributed by atoms with Gasteiger partial charge in [-0.2, -0.15) is 0 Å². The van der Waals surface area contributed by atoms with Gasteiger partial charge < -0.3 is 28.7 Å². The molecular formula is C37H48N5O6+. The second-order valence-corrected chi connectivity index (χ2v) is 12.3. The minimum Gasteiger partial charge on any atom is -0.456 e. The van der Waals surface area contributed by atoms with E-state index in [1.807, 2.05) is 81.8 Å². The number of nitrogens with zero attached hydrogens (tertiary/aromatic N) is 5. The van der Waals surface area contributed by atoms with E-state index >= 15 is 0 Å². The van der Waals surface area contributed by atoms with Crippen molar-refractivity contribution < 1.29 is 28.4 Å². The van der Waals surface area contributed by atoms with E-state index < -0.39 is 17.8 Å². The summed E-state index contributed by atoms with van der Waals surface area (Å²) in [7, 11) is 13.6. The third-order valence-corrected chi connectivity index (χ3v) is 8.27. The van der Waals surface area contributed by atoms with Crippen LogP contribution < -0.4 is 14.8 Å². The number of methoxy groups -OCH3 is 1. The van der Waals surface area contributed by atoms with Gasteiger partial charge in [0.05, 0.1) is 24.1 Å². The molecule has 11 nitrogen and oxygen atoms in total. The van der Waals surface area contributed by atoms with Crippen molar-refractivity contribution in [3.63, 3.8) is 0 Å². The van der Waals surface area contributed by atoms with Gasteiger partial charge in [0, 0.05) is 102 Å². The van der Waals surface area contributed by atoms with E-state index in [4.69, 9.17) is 14.0 Å². The predicted molar refractivity (Wildman–Crippen MR) is 189 cm³/mol. The number of fused-ring (bicyclic) bond motifs is 2. The van der Waals surface area contributed by atoms with E-state index in [1.54, 1.807) is 7.11 Å². The van der Waals surface area contributed by atoms with Crippen LogP contribution in [0.1, 0.15) is 38.2 Å². The first-order valence-electron chi connectivity index (χ1n) is 16.1. The fraction of sp³-hybridized carbons (Fsp3) is 0.405. The number of anilines is 1. The van der Waals surface area contributed by atoms with Crippen molar-refractivity contribution in [2.24, 2.45) is 0 Å². The highest BCUT2D eigenvalue weighted by molar-refractivity contribution is 6.02. The van der Waals surface area contributed by atoms with Crippen molar-refractivity contribution in [2.45, 2.75) is 32.6 Å². The number of hydroxylamine groups is 2. The van der Waals surface area contributed by atoms with Crippen molar-refractivity contribution in [3.05, 3.63) is 77.4 Å². The summed E-state index contributed by atoms with van der Waals surface area (Å²) in [5.41, 5.74) is 6.35. The smallest absolute Gasteiger partial charge is 0.333 e. The maximum absolute atomic E-state index is 12.5. The Labute approximate surface area is 282 Å². The van der Waals surface area contributed by atoms with E-state index in [-0.39, 0.29) is 19.3 Å². The minimum atomic E-state index is -0.614. The van der Waals surface area contributed by atoms with Crippen molar-refractivity contribution in [1.82, 2.24) is 19.4 Å². The topological polar surface area (TPSA) is 98.8 Å². The summed E-state index contributed by atoms with van der Waals surface area (Å²) in [6.07, 6.45) is 4.72. The number of ether oxygens (including phenoxy) is 1. The normalized spacial score (nSPS) is 13.8. The highest BCUT2D eigenvalue weighted by Crippen LogP contribution is 2.39. The zero-order valence-corrected chi connectivity index (χ0v) is 29.5. The van der Waals surface area contributed by atoms with Crippen LogP contribution in [0.25, 0.3) is 27.9 Å². The van der Waals surface area contributed by atoms with Crippen LogP contribution in [0.4, 0.5) is 5.69 Å². The largest absolute Gasteiger partial charge is 0.456 e. The van der Waals surface area contributed by atoms with Crippen LogP contribution >= 0.6 is 0 Å². The van der Waals surface area contributed by atoms with E-state index in [1.165, 1.54) is 0 Å². The molecule has 11 heteroatoms. The zero-order chi connectivity index (χ0) is 35.1. The lowest BCUT2D eigenvalue weighted by molar-refractivity contribution is -0.197. The standard InChI is InChI=1S/C37H48N5O6/c1-10-41(20-11-12-36(45)48-42-34(43)17-18-35(42)44)30(19-21-46-9)31(40(7)8)22-25(2)37-28-15-13-26(38(3)4)23-32(28)47-33-24-27(39(5)6)14-16-29(33)37/h13-16,19,22-24H,2,10-12,17-18,20-21H2,1,3-9H3/q+1/b30-19+,31-22+. The van der Waals surface area contributed by atoms with Gasteiger partial charge in [-0.3, -0.25) is 9.59 Å². The lowest BCUT2D eigenvalue weighted by atomic mass is 9.93. The molecular weight excluding hydrogens is 610 g/mol. The van der Waals surface area contributed by atoms with Gasteiger partial charge in [-0.05, 0) is 49.3 Å². The average molecular weight is 659 g/mol. The van der Waals surface area contributed by atoms with Gasteiger partial charge in [-0.15, -0.1) is 5.06 Å². The summed E-state index contributed by atoms with van der Waals surface area (Å²) in [6, 6.07) is 12.4. The molecule has 1 aliphatic carbocycles. The number of carbonyl (C=O) groups is 3. The minimum absolute atomic E-state index is 0.0498. The molecule has 1 aromatic carbocycles. The van der Waals surface area contributed by atoms with E-state index in [0.29, 0.717) is 31.2 Å². The summed E-state index contributed by atoms with van der Waals surface area (Å²) in [5, 5.41) is 2.57. The highest BCUT2D eigenvalue weighted by atomic mass is 16.7. The number of benzene rings is 2. The molecule has 3 aliphatic rings. The van der Waals surface area contributed by atoms with Gasteiger partial charge in [0.1, 0.15) is 25.4 Å². The highest BCUT2D eigenvalue weighted by Gasteiger charge is 2.32. The third-order valence-electron chi connectivity index (χ3n) is 8.27. The number of rotatable bonds is 14. The number of amides is 2. The first-order valence-corrected chi connectivity index (χ1v) is 16.1. The second kappa shape index (κ2) is 15.8. The van der Waals surface area contributed by atoms with Gasteiger partial charge in [0.2, 0.25) is 5.36 Å². The Kier molecular flexibility index (Phi) is 11.8. The Morgan fingerprint density at radius 3 is 2.35 bits per heavy atom. The van der Waals surface area contributed by atoms with Crippen LogP contribution in [0.15, 0.2) is 70.9 Å². The monoisotopic (exact) mass is 658 g/mol. The maximum atomic E-state index is 12.5. The van der Waals surface area contributed by atoms with Gasteiger partial charge in [-0.25, -0.2) is 9.37 Å². The number of likely N-dealkylation sites (N-methyl/N-ethyl adjacent to an activating group) is 2. The lowest BCUT2D eigenvalue weighted by Gasteiger charge is -2.31. The molecule has 1 saturated heterocycles. The molecule has 2 amide bonds. The fourth-order valence-electron chi connectivity index (χ4n) is 5.67. The van der Waals surface area contributed by atoms with E-state index in [2.05, 4.69) is 41.8 Å². The molecule has 0 spiro atoms. The molecule has 48 heavy (non-hydrogen) atoms. The molecule has 0 atom stereocenters. The molecule has 0 bridgehead atoms. The molecule has 0 radical (unpaired) electrons. The summed E-state index contributed by atoms with van der Waals surface area (Å²) in [5.74, 6) is -0.830. The average Bonchev–Trinajstić information content (AvgIpc) is 3.36. The van der Waals surface area contributed by atoms with Crippen molar-refractivity contribution in [2.75, 3.05) is 74.0 Å². The first-order chi connectivity index (χ1) is 22.9. The molecule has 0 unspecified atom stereocenters. The Hall–Kier alpha value is -4.90. The maximum Gasteiger partial charge on any atom is 0.333 e. The third kappa shape index (κ3) is 8.14. The molecule has 2 heterocycles. The summed E-state index contributed by atoms with van der Waals surface area (Å²) < 4.78 is 14.0. The van der Waals surface area contributed by atoms with Crippen LogP contribution in [0.5, 0.6) is 0 Å². The molecule has 0 aromatic heterocycles. The Bertz CT molecular complexity index is 1780. The fourth-order valence-corrected chi connectivity index (χ4v) is 5.67. The van der Waals surface area contributed by atoms with E-state index in [9.17, 15) is 14.4 Å².